The summed E-state index contributed by atoms with van der Waals surface area (Å²) >= 11 is 5.48. The lowest BCUT2D eigenvalue weighted by Gasteiger charge is -2.37. The molecule has 0 unspecified atom stereocenters. The van der Waals surface area contributed by atoms with E-state index in [0.29, 0.717) is 6.42 Å². The number of hydrogen-bond acceptors (Lipinski definition) is 5. The first-order valence-electron chi connectivity index (χ1n) is 8.45. The molecule has 0 radical (unpaired) electrons. The Morgan fingerprint density at radius 1 is 1.21 bits per heavy atom. The first kappa shape index (κ1) is 18.4. The van der Waals surface area contributed by atoms with Crippen LogP contribution in [0.3, 0.4) is 0 Å². The minimum atomic E-state index is -0.134. The van der Waals surface area contributed by atoms with Gasteiger partial charge in [0.2, 0.25) is 0 Å². The molecule has 0 atom stereocenters. The van der Waals surface area contributed by atoms with E-state index in [9.17, 15) is 4.79 Å². The van der Waals surface area contributed by atoms with Crippen molar-refractivity contribution >= 4 is 29.0 Å². The predicted octanol–water partition coefficient (Wildman–Crippen LogP) is 1.81. The van der Waals surface area contributed by atoms with Crippen LogP contribution in [0.1, 0.15) is 25.7 Å². The highest BCUT2D eigenvalue weighted by molar-refractivity contribution is 7.80. The number of unbranched alkanes of at least 4 members (excludes halogenated alkanes) is 2. The van der Waals surface area contributed by atoms with Gasteiger partial charge in [-0.25, -0.2) is 0 Å². The lowest BCUT2D eigenvalue weighted by molar-refractivity contribution is -0.140. The Morgan fingerprint density at radius 2 is 1.92 bits per heavy atom. The summed E-state index contributed by atoms with van der Waals surface area (Å²) in [5.41, 5.74) is 1.22. The molecule has 1 N–H and O–H groups in total. The van der Waals surface area contributed by atoms with Crippen molar-refractivity contribution in [3.05, 3.63) is 24.5 Å². The molecule has 24 heavy (non-hydrogen) atoms. The molecule has 1 aliphatic rings. The van der Waals surface area contributed by atoms with E-state index in [1.165, 1.54) is 12.8 Å². The van der Waals surface area contributed by atoms with Crippen molar-refractivity contribution in [2.75, 3.05) is 44.7 Å². The molecule has 0 aromatic carbocycles. The summed E-state index contributed by atoms with van der Waals surface area (Å²) < 4.78 is 4.63. The van der Waals surface area contributed by atoms with E-state index in [-0.39, 0.29) is 5.97 Å². The molecule has 0 bridgehead atoms. The van der Waals surface area contributed by atoms with Crippen LogP contribution in [-0.4, -0.2) is 60.8 Å². The third-order valence-electron chi connectivity index (χ3n) is 4.16. The van der Waals surface area contributed by atoms with Crippen LogP contribution < -0.4 is 10.2 Å². The van der Waals surface area contributed by atoms with Crippen LogP contribution in [0.15, 0.2) is 24.5 Å². The molecular formula is C17H26N4O2S. The molecule has 1 aromatic heterocycles. The summed E-state index contributed by atoms with van der Waals surface area (Å²) in [7, 11) is 1.43. The maximum Gasteiger partial charge on any atom is 0.305 e. The van der Waals surface area contributed by atoms with Gasteiger partial charge in [0.15, 0.2) is 5.11 Å². The van der Waals surface area contributed by atoms with Crippen LogP contribution in [0, 0.1) is 0 Å². The Morgan fingerprint density at radius 3 is 2.58 bits per heavy atom. The number of methoxy groups -OCH3 is 1. The second-order valence-corrected chi connectivity index (χ2v) is 6.18. The van der Waals surface area contributed by atoms with E-state index < -0.39 is 0 Å². The summed E-state index contributed by atoms with van der Waals surface area (Å²) in [6, 6.07) is 4.08. The molecule has 1 fully saturated rings. The Balaban J connectivity index is 1.58. The van der Waals surface area contributed by atoms with Gasteiger partial charge in [-0.05, 0) is 37.2 Å². The number of rotatable bonds is 7. The van der Waals surface area contributed by atoms with Crippen LogP contribution in [0.25, 0.3) is 0 Å². The molecule has 1 saturated heterocycles. The van der Waals surface area contributed by atoms with Gasteiger partial charge >= 0.3 is 5.97 Å². The normalized spacial score (nSPS) is 14.4. The Kier molecular flexibility index (Phi) is 7.74. The number of carbonyl (C=O) groups excluding carboxylic acids is 1. The SMILES string of the molecule is COC(=O)CCCCCNC(=S)N1CCN(c2ccncc2)CC1. The minimum Gasteiger partial charge on any atom is -0.469 e. The maximum absolute atomic E-state index is 11.0. The summed E-state index contributed by atoms with van der Waals surface area (Å²) in [5.74, 6) is -0.134. The quantitative estimate of drug-likeness (QED) is 0.457. The second-order valence-electron chi connectivity index (χ2n) is 5.80. The van der Waals surface area contributed by atoms with Gasteiger partial charge in [-0.1, -0.05) is 6.42 Å². The van der Waals surface area contributed by atoms with Crippen molar-refractivity contribution in [1.29, 1.82) is 0 Å². The van der Waals surface area contributed by atoms with Crippen LogP contribution in [0.5, 0.6) is 0 Å². The third-order valence-corrected chi connectivity index (χ3v) is 4.56. The fraction of sp³-hybridized carbons (Fsp3) is 0.588. The molecule has 7 heteroatoms. The number of esters is 1. The van der Waals surface area contributed by atoms with Crippen molar-refractivity contribution in [2.45, 2.75) is 25.7 Å². The molecule has 0 spiro atoms. The number of carbonyl (C=O) groups is 1. The zero-order valence-corrected chi connectivity index (χ0v) is 15.1. The van der Waals surface area contributed by atoms with Gasteiger partial charge in [0.1, 0.15) is 0 Å². The number of aromatic nitrogens is 1. The fourth-order valence-electron chi connectivity index (χ4n) is 2.70. The molecule has 132 valence electrons. The zero-order valence-electron chi connectivity index (χ0n) is 14.2. The number of thiocarbonyl (C=S) groups is 1. The minimum absolute atomic E-state index is 0.134. The first-order chi connectivity index (χ1) is 11.7. The van der Waals surface area contributed by atoms with Crippen molar-refractivity contribution in [2.24, 2.45) is 0 Å². The van der Waals surface area contributed by atoms with Gasteiger partial charge in [0, 0.05) is 57.2 Å². The van der Waals surface area contributed by atoms with Gasteiger partial charge in [-0.15, -0.1) is 0 Å². The van der Waals surface area contributed by atoms with Crippen molar-refractivity contribution in [1.82, 2.24) is 15.2 Å². The summed E-state index contributed by atoms with van der Waals surface area (Å²) in [5, 5.41) is 4.15. The Hall–Kier alpha value is -1.89. The van der Waals surface area contributed by atoms with Crippen LogP contribution >= 0.6 is 12.2 Å². The highest BCUT2D eigenvalue weighted by Crippen LogP contribution is 2.14. The van der Waals surface area contributed by atoms with Gasteiger partial charge in [-0.2, -0.15) is 0 Å². The molecule has 2 rings (SSSR count). The third kappa shape index (κ3) is 5.96. The monoisotopic (exact) mass is 350 g/mol. The molecule has 2 heterocycles. The molecule has 0 saturated carbocycles. The average Bonchev–Trinajstić information content (AvgIpc) is 2.65. The predicted molar refractivity (Wildman–Crippen MR) is 99.1 cm³/mol. The number of piperazine rings is 1. The fourth-order valence-corrected chi connectivity index (χ4v) is 2.99. The smallest absolute Gasteiger partial charge is 0.305 e. The zero-order chi connectivity index (χ0) is 17.2. The largest absolute Gasteiger partial charge is 0.469 e. The molecular weight excluding hydrogens is 324 g/mol. The summed E-state index contributed by atoms with van der Waals surface area (Å²) in [4.78, 5) is 19.7. The van der Waals surface area contributed by atoms with Crippen LogP contribution in [0.2, 0.25) is 0 Å². The Bertz CT molecular complexity index is 519. The molecule has 0 aliphatic carbocycles. The van der Waals surface area contributed by atoms with E-state index in [0.717, 1.165) is 57.1 Å². The van der Waals surface area contributed by atoms with E-state index in [1.807, 2.05) is 24.5 Å². The highest BCUT2D eigenvalue weighted by atomic mass is 32.1. The van der Waals surface area contributed by atoms with E-state index in [4.69, 9.17) is 12.2 Å². The van der Waals surface area contributed by atoms with Gasteiger partial charge in [0.05, 0.1) is 7.11 Å². The van der Waals surface area contributed by atoms with E-state index in [1.54, 1.807) is 0 Å². The van der Waals surface area contributed by atoms with E-state index >= 15 is 0 Å². The lowest BCUT2D eigenvalue weighted by atomic mass is 10.2. The number of nitrogens with zero attached hydrogens (tertiary/aromatic N) is 3. The molecule has 0 amide bonds. The average molecular weight is 350 g/mol. The highest BCUT2D eigenvalue weighted by Gasteiger charge is 2.18. The topological polar surface area (TPSA) is 57.7 Å². The number of anilines is 1. The molecule has 1 aliphatic heterocycles. The standard InChI is InChI=1S/C17H26N4O2S/c1-23-16(22)5-3-2-4-8-19-17(24)21-13-11-20(12-14-21)15-6-9-18-10-7-15/h6-7,9-10H,2-5,8,11-14H2,1H3,(H,19,24). The van der Waals surface area contributed by atoms with Crippen LogP contribution in [-0.2, 0) is 9.53 Å². The summed E-state index contributed by atoms with van der Waals surface area (Å²) in [6.07, 6.45) is 7.03. The molecule has 6 nitrogen and oxygen atoms in total. The first-order valence-corrected chi connectivity index (χ1v) is 8.86. The number of ether oxygens (including phenoxy) is 1. The second kappa shape index (κ2) is 10.1. The van der Waals surface area contributed by atoms with Gasteiger partial charge in [0.25, 0.3) is 0 Å². The lowest BCUT2D eigenvalue weighted by Crippen LogP contribution is -2.51. The van der Waals surface area contributed by atoms with Crippen molar-refractivity contribution in [3.8, 4) is 0 Å². The molecule has 1 aromatic rings. The van der Waals surface area contributed by atoms with Crippen LogP contribution in [0.4, 0.5) is 5.69 Å². The Labute approximate surface area is 149 Å². The number of pyridine rings is 1. The number of hydrogen-bond donors (Lipinski definition) is 1. The summed E-state index contributed by atoms with van der Waals surface area (Å²) in [6.45, 7) is 4.63. The van der Waals surface area contributed by atoms with E-state index in [2.05, 4.69) is 24.8 Å². The van der Waals surface area contributed by atoms with Gasteiger partial charge in [-0.3, -0.25) is 9.78 Å². The number of nitrogens with one attached hydrogen (secondary N) is 1. The maximum atomic E-state index is 11.0. The van der Waals surface area contributed by atoms with Crippen molar-refractivity contribution < 1.29 is 9.53 Å². The van der Waals surface area contributed by atoms with Crippen molar-refractivity contribution in [3.63, 3.8) is 0 Å². The van der Waals surface area contributed by atoms with Gasteiger partial charge < -0.3 is 19.9 Å².